The summed E-state index contributed by atoms with van der Waals surface area (Å²) in [5, 5.41) is 4.44. The van der Waals surface area contributed by atoms with Gasteiger partial charge in [0, 0.05) is 29.6 Å². The van der Waals surface area contributed by atoms with Crippen molar-refractivity contribution in [1.82, 2.24) is 10.2 Å². The number of hydrogen-bond acceptors (Lipinski definition) is 3. The van der Waals surface area contributed by atoms with Gasteiger partial charge in [-0.15, -0.1) is 0 Å². The maximum absolute atomic E-state index is 14.3. The van der Waals surface area contributed by atoms with Crippen LogP contribution < -0.4 is 10.2 Å². The minimum absolute atomic E-state index is 0.0804. The summed E-state index contributed by atoms with van der Waals surface area (Å²) < 4.78 is 14.3. The fraction of sp³-hybridized carbons (Fsp3) is 0.240. The van der Waals surface area contributed by atoms with Crippen molar-refractivity contribution < 1.29 is 18.8 Å². The SMILES string of the molecule is CCNC(=O)[C@H](C)N(Cc1ccccc1F)C(=O)CN1C(=O)c2cccc3cccc1c23. The second-order valence-electron chi connectivity index (χ2n) is 7.76. The summed E-state index contributed by atoms with van der Waals surface area (Å²) in [4.78, 5) is 41.7. The highest BCUT2D eigenvalue weighted by atomic mass is 19.1. The Morgan fingerprint density at radius 1 is 1.06 bits per heavy atom. The number of benzene rings is 3. The van der Waals surface area contributed by atoms with E-state index in [1.54, 1.807) is 44.2 Å². The lowest BCUT2D eigenvalue weighted by Gasteiger charge is -2.30. The molecule has 1 N–H and O–H groups in total. The van der Waals surface area contributed by atoms with Gasteiger partial charge in [0.2, 0.25) is 11.8 Å². The number of nitrogens with zero attached hydrogens (tertiary/aromatic N) is 2. The Morgan fingerprint density at radius 2 is 1.78 bits per heavy atom. The van der Waals surface area contributed by atoms with Gasteiger partial charge in [-0.2, -0.15) is 0 Å². The molecule has 7 heteroatoms. The first-order valence-electron chi connectivity index (χ1n) is 10.6. The predicted octanol–water partition coefficient (Wildman–Crippen LogP) is 3.49. The van der Waals surface area contributed by atoms with E-state index in [0.29, 0.717) is 23.4 Å². The largest absolute Gasteiger partial charge is 0.355 e. The van der Waals surface area contributed by atoms with E-state index in [1.807, 2.05) is 24.3 Å². The molecule has 3 amide bonds. The minimum atomic E-state index is -0.835. The van der Waals surface area contributed by atoms with E-state index in [9.17, 15) is 18.8 Å². The lowest BCUT2D eigenvalue weighted by Crippen LogP contribution is -2.51. The summed E-state index contributed by atoms with van der Waals surface area (Å²) >= 11 is 0. The second kappa shape index (κ2) is 8.78. The van der Waals surface area contributed by atoms with E-state index >= 15 is 0 Å². The molecule has 1 heterocycles. The molecule has 3 aromatic carbocycles. The Morgan fingerprint density at radius 3 is 2.50 bits per heavy atom. The van der Waals surface area contributed by atoms with Crippen molar-refractivity contribution in [2.75, 3.05) is 18.0 Å². The van der Waals surface area contributed by atoms with Crippen LogP contribution in [0.1, 0.15) is 29.8 Å². The molecule has 0 radical (unpaired) electrons. The monoisotopic (exact) mass is 433 g/mol. The molecule has 6 nitrogen and oxygen atoms in total. The summed E-state index contributed by atoms with van der Waals surface area (Å²) in [5.41, 5.74) is 1.51. The zero-order valence-electron chi connectivity index (χ0n) is 18.0. The van der Waals surface area contributed by atoms with Crippen molar-refractivity contribution in [1.29, 1.82) is 0 Å². The van der Waals surface area contributed by atoms with Gasteiger partial charge in [0.1, 0.15) is 18.4 Å². The fourth-order valence-electron chi connectivity index (χ4n) is 4.08. The zero-order valence-corrected chi connectivity index (χ0v) is 18.0. The van der Waals surface area contributed by atoms with Crippen molar-refractivity contribution >= 4 is 34.2 Å². The number of anilines is 1. The third-order valence-corrected chi connectivity index (χ3v) is 5.76. The Labute approximate surface area is 185 Å². The third-order valence-electron chi connectivity index (χ3n) is 5.76. The van der Waals surface area contributed by atoms with Crippen LogP contribution in [-0.4, -0.2) is 41.8 Å². The molecule has 32 heavy (non-hydrogen) atoms. The van der Waals surface area contributed by atoms with Gasteiger partial charge in [-0.25, -0.2) is 4.39 Å². The summed E-state index contributed by atoms with van der Waals surface area (Å²) in [6.45, 7) is 3.47. The van der Waals surface area contributed by atoms with Crippen molar-refractivity contribution in [2.45, 2.75) is 26.4 Å². The number of carbonyl (C=O) groups excluding carboxylic acids is 3. The molecule has 0 fully saturated rings. The van der Waals surface area contributed by atoms with Gasteiger partial charge in [0.25, 0.3) is 5.91 Å². The molecule has 1 atom stereocenters. The van der Waals surface area contributed by atoms with Gasteiger partial charge in [0.05, 0.1) is 5.69 Å². The van der Waals surface area contributed by atoms with Crippen LogP contribution in [0.15, 0.2) is 60.7 Å². The Hall–Kier alpha value is -3.74. The Balaban J connectivity index is 1.64. The first-order valence-corrected chi connectivity index (χ1v) is 10.6. The standard InChI is InChI=1S/C25H24FN3O3/c1-3-27-24(31)16(2)28(14-18-8-4-5-12-20(18)26)22(30)15-29-21-13-7-10-17-9-6-11-19(23(17)21)25(29)32/h4-13,16H,3,14-15H2,1-2H3,(H,27,31)/t16-/m0/s1. The average molecular weight is 433 g/mol. The van der Waals surface area contributed by atoms with E-state index in [2.05, 4.69) is 5.32 Å². The number of amides is 3. The summed E-state index contributed by atoms with van der Waals surface area (Å²) in [6, 6.07) is 16.3. The Bertz CT molecular complexity index is 1200. The van der Waals surface area contributed by atoms with Crippen LogP contribution in [-0.2, 0) is 16.1 Å². The van der Waals surface area contributed by atoms with Crippen LogP contribution in [0.4, 0.5) is 10.1 Å². The molecule has 1 aliphatic heterocycles. The molecule has 0 spiro atoms. The molecule has 0 saturated carbocycles. The predicted molar refractivity (Wildman–Crippen MR) is 121 cm³/mol. The number of hydrogen-bond donors (Lipinski definition) is 1. The van der Waals surface area contributed by atoms with Crippen molar-refractivity contribution in [3.63, 3.8) is 0 Å². The van der Waals surface area contributed by atoms with Crippen LogP contribution in [0.3, 0.4) is 0 Å². The van der Waals surface area contributed by atoms with Crippen LogP contribution in [0, 0.1) is 5.82 Å². The first-order chi connectivity index (χ1) is 15.4. The van der Waals surface area contributed by atoms with Gasteiger partial charge < -0.3 is 10.2 Å². The molecule has 0 unspecified atom stereocenters. The quantitative estimate of drug-likeness (QED) is 0.620. The van der Waals surface area contributed by atoms with Crippen LogP contribution in [0.2, 0.25) is 0 Å². The highest BCUT2D eigenvalue weighted by molar-refractivity contribution is 6.26. The molecule has 4 rings (SSSR count). The molecule has 164 valence electrons. The average Bonchev–Trinajstić information content (AvgIpc) is 3.06. The molecule has 0 aliphatic carbocycles. The highest BCUT2D eigenvalue weighted by Gasteiger charge is 2.34. The smallest absolute Gasteiger partial charge is 0.259 e. The third kappa shape index (κ3) is 3.82. The zero-order chi connectivity index (χ0) is 22.8. The molecule has 3 aromatic rings. The maximum Gasteiger partial charge on any atom is 0.259 e. The van der Waals surface area contributed by atoms with E-state index in [1.165, 1.54) is 15.9 Å². The van der Waals surface area contributed by atoms with Gasteiger partial charge in [-0.3, -0.25) is 19.3 Å². The molecular weight excluding hydrogens is 409 g/mol. The van der Waals surface area contributed by atoms with E-state index < -0.39 is 17.8 Å². The fourth-order valence-corrected chi connectivity index (χ4v) is 4.08. The number of halogens is 1. The van der Waals surface area contributed by atoms with Crippen molar-refractivity contribution in [3.05, 3.63) is 77.6 Å². The van der Waals surface area contributed by atoms with Crippen LogP contribution >= 0.6 is 0 Å². The second-order valence-corrected chi connectivity index (χ2v) is 7.76. The summed E-state index contributed by atoms with van der Waals surface area (Å²) in [6.07, 6.45) is 0. The lowest BCUT2D eigenvalue weighted by molar-refractivity contribution is -0.139. The van der Waals surface area contributed by atoms with Gasteiger partial charge in [-0.1, -0.05) is 42.5 Å². The highest BCUT2D eigenvalue weighted by Crippen LogP contribution is 2.37. The van der Waals surface area contributed by atoms with Gasteiger partial charge in [0.15, 0.2) is 0 Å². The molecule has 1 aliphatic rings. The summed E-state index contributed by atoms with van der Waals surface area (Å²) in [5.74, 6) is -1.50. The Kier molecular flexibility index (Phi) is 5.90. The molecule has 0 saturated heterocycles. The van der Waals surface area contributed by atoms with Crippen LogP contribution in [0.5, 0.6) is 0 Å². The molecule has 0 bridgehead atoms. The topological polar surface area (TPSA) is 69.7 Å². The number of nitrogens with one attached hydrogen (secondary N) is 1. The molecular formula is C25H24FN3O3. The van der Waals surface area contributed by atoms with Crippen LogP contribution in [0.25, 0.3) is 10.8 Å². The van der Waals surface area contributed by atoms with E-state index in [0.717, 1.165) is 10.8 Å². The van der Waals surface area contributed by atoms with E-state index in [4.69, 9.17) is 0 Å². The summed E-state index contributed by atoms with van der Waals surface area (Å²) in [7, 11) is 0. The van der Waals surface area contributed by atoms with Gasteiger partial charge in [-0.05, 0) is 37.4 Å². The maximum atomic E-state index is 14.3. The number of carbonyl (C=O) groups is 3. The van der Waals surface area contributed by atoms with Crippen molar-refractivity contribution in [2.24, 2.45) is 0 Å². The van der Waals surface area contributed by atoms with Crippen molar-refractivity contribution in [3.8, 4) is 0 Å². The molecule has 0 aromatic heterocycles. The number of likely N-dealkylation sites (N-methyl/N-ethyl adjacent to an activating group) is 1. The van der Waals surface area contributed by atoms with Gasteiger partial charge >= 0.3 is 0 Å². The first kappa shape index (κ1) is 21.5. The normalized spacial score (nSPS) is 13.3. The minimum Gasteiger partial charge on any atom is -0.355 e. The lowest BCUT2D eigenvalue weighted by atomic mass is 10.1. The van der Waals surface area contributed by atoms with E-state index in [-0.39, 0.29) is 24.9 Å². The number of rotatable bonds is 7.